The topological polar surface area (TPSA) is 70.4 Å². The maximum atomic E-state index is 5.86. The first-order valence-electron chi connectivity index (χ1n) is 7.71. The van der Waals surface area contributed by atoms with Crippen LogP contribution < -0.4 is 19.5 Å². The number of hydrogen-bond donors (Lipinski definition) is 1. The van der Waals surface area contributed by atoms with Gasteiger partial charge in [0.2, 0.25) is 0 Å². The van der Waals surface area contributed by atoms with Gasteiger partial charge in [-0.1, -0.05) is 0 Å². The summed E-state index contributed by atoms with van der Waals surface area (Å²) in [4.78, 5) is 4.48. The van der Waals surface area contributed by atoms with Crippen molar-refractivity contribution in [1.29, 1.82) is 0 Å². The minimum atomic E-state index is 0.209. The second-order valence-electron chi connectivity index (χ2n) is 5.44. The Balaban J connectivity index is 1.73. The summed E-state index contributed by atoms with van der Waals surface area (Å²) >= 11 is 0. The molecule has 1 fully saturated rings. The van der Waals surface area contributed by atoms with Gasteiger partial charge in [0.25, 0.3) is 0 Å². The summed E-state index contributed by atoms with van der Waals surface area (Å²) in [5.74, 6) is 3.59. The third kappa shape index (κ3) is 3.39. The van der Waals surface area contributed by atoms with E-state index in [0.29, 0.717) is 23.9 Å². The quantitative estimate of drug-likeness (QED) is 0.879. The van der Waals surface area contributed by atoms with E-state index in [0.717, 1.165) is 31.0 Å². The van der Waals surface area contributed by atoms with Crippen LogP contribution in [0.4, 0.5) is 0 Å². The van der Waals surface area contributed by atoms with Crippen LogP contribution in [-0.2, 0) is 6.61 Å². The molecule has 1 aliphatic heterocycles. The summed E-state index contributed by atoms with van der Waals surface area (Å²) in [6.45, 7) is 3.26. The molecule has 2 heterocycles. The van der Waals surface area contributed by atoms with Crippen molar-refractivity contribution < 1.29 is 14.2 Å². The highest BCUT2D eigenvalue weighted by atomic mass is 16.5. The molecule has 0 bridgehead atoms. The van der Waals surface area contributed by atoms with Crippen LogP contribution in [0.1, 0.15) is 30.7 Å². The number of rotatable bonds is 6. The van der Waals surface area contributed by atoms with Crippen molar-refractivity contribution >= 4 is 0 Å². The molecule has 0 aliphatic carbocycles. The normalized spacial score (nSPS) is 17.3. The molecule has 1 N–H and O–H groups in total. The lowest BCUT2D eigenvalue weighted by Crippen LogP contribution is -2.23. The molecule has 1 saturated heterocycles. The van der Waals surface area contributed by atoms with Gasteiger partial charge in [0, 0.05) is 6.07 Å². The first kappa shape index (κ1) is 15.6. The summed E-state index contributed by atoms with van der Waals surface area (Å²) in [5.41, 5.74) is 0. The van der Waals surface area contributed by atoms with Crippen molar-refractivity contribution in [2.24, 2.45) is 0 Å². The van der Waals surface area contributed by atoms with E-state index in [9.17, 15) is 0 Å². The van der Waals surface area contributed by atoms with E-state index in [2.05, 4.69) is 15.4 Å². The monoisotopic (exact) mass is 318 g/mol. The average Bonchev–Trinajstić information content (AvgIpc) is 3.21. The van der Waals surface area contributed by atoms with E-state index < -0.39 is 0 Å². The fourth-order valence-corrected chi connectivity index (χ4v) is 2.75. The highest BCUT2D eigenvalue weighted by Crippen LogP contribution is 2.31. The summed E-state index contributed by atoms with van der Waals surface area (Å²) in [6, 6.07) is 5.48. The van der Waals surface area contributed by atoms with Gasteiger partial charge in [-0.2, -0.15) is 5.10 Å². The van der Waals surface area contributed by atoms with Gasteiger partial charge in [-0.25, -0.2) is 9.67 Å². The molecule has 0 saturated carbocycles. The minimum absolute atomic E-state index is 0.209. The Kier molecular flexibility index (Phi) is 4.66. The molecule has 1 aromatic heterocycles. The number of hydrogen-bond acceptors (Lipinski definition) is 6. The number of benzene rings is 1. The third-order valence-electron chi connectivity index (χ3n) is 3.86. The molecule has 1 unspecified atom stereocenters. The van der Waals surface area contributed by atoms with E-state index in [1.165, 1.54) is 0 Å². The van der Waals surface area contributed by atoms with E-state index in [1.807, 2.05) is 23.7 Å². The molecule has 3 rings (SSSR count). The van der Waals surface area contributed by atoms with Crippen molar-refractivity contribution in [2.45, 2.75) is 32.5 Å². The summed E-state index contributed by atoms with van der Waals surface area (Å²) in [7, 11) is 3.21. The van der Waals surface area contributed by atoms with E-state index in [-0.39, 0.29) is 6.17 Å². The second kappa shape index (κ2) is 6.87. The van der Waals surface area contributed by atoms with Crippen LogP contribution >= 0.6 is 0 Å². The molecule has 0 radical (unpaired) electrons. The molecule has 2 aromatic rings. The molecule has 0 amide bonds. The lowest BCUT2D eigenvalue weighted by atomic mass is 10.3. The SMILES string of the molecule is COc1ccc(OCc2nc(C)nn2C2CCCN2)cc1OC. The standard InChI is InChI=1S/C16H22N4O3/c1-11-18-16(20(19-11)15-5-4-8-17-15)10-23-12-6-7-13(21-2)14(9-12)22-3/h6-7,9,15,17H,4-5,8,10H2,1-3H3. The van der Waals surface area contributed by atoms with Gasteiger partial charge < -0.3 is 14.2 Å². The molecule has 1 aromatic carbocycles. The lowest BCUT2D eigenvalue weighted by Gasteiger charge is -2.14. The van der Waals surface area contributed by atoms with Crippen molar-refractivity contribution in [3.63, 3.8) is 0 Å². The zero-order valence-corrected chi connectivity index (χ0v) is 13.7. The van der Waals surface area contributed by atoms with Crippen molar-refractivity contribution in [3.05, 3.63) is 29.8 Å². The van der Waals surface area contributed by atoms with Gasteiger partial charge in [0.05, 0.1) is 14.2 Å². The molecule has 1 aliphatic rings. The van der Waals surface area contributed by atoms with Gasteiger partial charge in [-0.3, -0.25) is 5.32 Å². The van der Waals surface area contributed by atoms with Crippen molar-refractivity contribution in [1.82, 2.24) is 20.1 Å². The van der Waals surface area contributed by atoms with Crippen molar-refractivity contribution in [3.8, 4) is 17.2 Å². The highest BCUT2D eigenvalue weighted by molar-refractivity contribution is 5.45. The maximum Gasteiger partial charge on any atom is 0.166 e. The molecule has 23 heavy (non-hydrogen) atoms. The molecule has 124 valence electrons. The Bertz CT molecular complexity index is 665. The fraction of sp³-hybridized carbons (Fsp3) is 0.500. The Morgan fingerprint density at radius 3 is 2.78 bits per heavy atom. The van der Waals surface area contributed by atoms with Gasteiger partial charge in [-0.05, 0) is 38.4 Å². The zero-order chi connectivity index (χ0) is 16.2. The lowest BCUT2D eigenvalue weighted by molar-refractivity contribution is 0.272. The van der Waals surface area contributed by atoms with Crippen LogP contribution in [0, 0.1) is 6.92 Å². The summed E-state index contributed by atoms with van der Waals surface area (Å²) < 4.78 is 18.3. The predicted molar refractivity (Wildman–Crippen MR) is 84.9 cm³/mol. The average molecular weight is 318 g/mol. The largest absolute Gasteiger partial charge is 0.493 e. The molecule has 7 nitrogen and oxygen atoms in total. The summed E-state index contributed by atoms with van der Waals surface area (Å²) in [5, 5.41) is 7.91. The van der Waals surface area contributed by atoms with Crippen LogP contribution in [0.3, 0.4) is 0 Å². The number of ether oxygens (including phenoxy) is 3. The third-order valence-corrected chi connectivity index (χ3v) is 3.86. The van der Waals surface area contributed by atoms with Gasteiger partial charge in [0.15, 0.2) is 17.3 Å². The first-order chi connectivity index (χ1) is 11.2. The number of aromatic nitrogens is 3. The number of aryl methyl sites for hydroxylation is 1. The zero-order valence-electron chi connectivity index (χ0n) is 13.7. The summed E-state index contributed by atoms with van der Waals surface area (Å²) in [6.07, 6.45) is 2.42. The molecule has 0 spiro atoms. The van der Waals surface area contributed by atoms with Gasteiger partial charge in [-0.15, -0.1) is 0 Å². The molecular weight excluding hydrogens is 296 g/mol. The highest BCUT2D eigenvalue weighted by Gasteiger charge is 2.21. The first-order valence-corrected chi connectivity index (χ1v) is 7.71. The Labute approximate surface area is 135 Å². The van der Waals surface area contributed by atoms with Gasteiger partial charge >= 0.3 is 0 Å². The number of nitrogens with zero attached hydrogens (tertiary/aromatic N) is 3. The van der Waals surface area contributed by atoms with E-state index in [4.69, 9.17) is 14.2 Å². The van der Waals surface area contributed by atoms with Gasteiger partial charge in [0.1, 0.15) is 24.3 Å². The Morgan fingerprint density at radius 1 is 1.26 bits per heavy atom. The van der Waals surface area contributed by atoms with Crippen LogP contribution in [0.15, 0.2) is 18.2 Å². The maximum absolute atomic E-state index is 5.86. The van der Waals surface area contributed by atoms with Crippen LogP contribution in [0.5, 0.6) is 17.2 Å². The van der Waals surface area contributed by atoms with Crippen molar-refractivity contribution in [2.75, 3.05) is 20.8 Å². The smallest absolute Gasteiger partial charge is 0.166 e. The van der Waals surface area contributed by atoms with Crippen LogP contribution in [0.2, 0.25) is 0 Å². The second-order valence-corrected chi connectivity index (χ2v) is 5.44. The molecule has 7 heteroatoms. The van der Waals surface area contributed by atoms with E-state index >= 15 is 0 Å². The molecule has 1 atom stereocenters. The predicted octanol–water partition coefficient (Wildman–Crippen LogP) is 2.06. The fourth-order valence-electron chi connectivity index (χ4n) is 2.75. The minimum Gasteiger partial charge on any atom is -0.493 e. The van der Waals surface area contributed by atoms with Crippen LogP contribution in [0.25, 0.3) is 0 Å². The Morgan fingerprint density at radius 2 is 2.09 bits per heavy atom. The number of nitrogens with one attached hydrogen (secondary N) is 1. The number of methoxy groups -OCH3 is 2. The van der Waals surface area contributed by atoms with E-state index in [1.54, 1.807) is 20.3 Å². The Hall–Kier alpha value is -2.28. The van der Waals surface area contributed by atoms with Crippen LogP contribution in [-0.4, -0.2) is 35.5 Å². The molecular formula is C16H22N4O3.